The van der Waals surface area contributed by atoms with Crippen molar-refractivity contribution in [3.05, 3.63) is 52.1 Å². The van der Waals surface area contributed by atoms with E-state index in [0.717, 1.165) is 4.90 Å². The Morgan fingerprint density at radius 1 is 0.786 bits per heavy atom. The minimum atomic E-state index is 1.02. The van der Waals surface area contributed by atoms with Gasteiger partial charge in [-0.15, -0.1) is 12.6 Å². The van der Waals surface area contributed by atoms with E-state index >= 15 is 0 Å². The summed E-state index contributed by atoms with van der Waals surface area (Å²) in [6.45, 7) is 0. The zero-order valence-corrected chi connectivity index (χ0v) is 10.5. The molecule has 0 aliphatic heterocycles. The van der Waals surface area contributed by atoms with Crippen LogP contribution in [0.2, 0.25) is 0 Å². The second-order valence-corrected chi connectivity index (χ2v) is 4.64. The van der Waals surface area contributed by atoms with Crippen LogP contribution in [0.1, 0.15) is 0 Å². The first-order valence-electron chi connectivity index (χ1n) is 4.32. The van der Waals surface area contributed by atoms with Crippen molar-refractivity contribution in [1.82, 2.24) is 0 Å². The number of halogens is 1. The summed E-state index contributed by atoms with van der Waals surface area (Å²) in [5.41, 5.74) is 2.44. The third kappa shape index (κ3) is 1.96. The Hall–Kier alpha value is -0.480. The summed E-state index contributed by atoms with van der Waals surface area (Å²) in [5.74, 6) is 0. The van der Waals surface area contributed by atoms with Crippen LogP contribution in [0.3, 0.4) is 0 Å². The fourth-order valence-electron chi connectivity index (χ4n) is 1.38. The minimum absolute atomic E-state index is 1.02. The second-order valence-electron chi connectivity index (χ2n) is 3.00. The molecule has 0 aliphatic rings. The molecule has 0 saturated heterocycles. The lowest BCUT2D eigenvalue weighted by Crippen LogP contribution is -1.83. The first-order chi connectivity index (χ1) is 6.79. The summed E-state index contributed by atoms with van der Waals surface area (Å²) in [7, 11) is 0. The van der Waals surface area contributed by atoms with Crippen molar-refractivity contribution >= 4 is 35.2 Å². The van der Waals surface area contributed by atoms with E-state index in [4.69, 9.17) is 0 Å². The summed E-state index contributed by atoms with van der Waals surface area (Å²) >= 11 is 6.80. The van der Waals surface area contributed by atoms with Gasteiger partial charge >= 0.3 is 0 Å². The van der Waals surface area contributed by atoms with Crippen molar-refractivity contribution in [2.24, 2.45) is 0 Å². The predicted octanol–water partition coefficient (Wildman–Crippen LogP) is 4.25. The molecular weight excluding hydrogens is 303 g/mol. The molecule has 0 bridgehead atoms. The van der Waals surface area contributed by atoms with E-state index in [2.05, 4.69) is 59.5 Å². The molecule has 0 fully saturated rings. The highest BCUT2D eigenvalue weighted by Crippen LogP contribution is 2.29. The summed E-state index contributed by atoms with van der Waals surface area (Å²) in [6.07, 6.45) is 0. The average molecular weight is 312 g/mol. The van der Waals surface area contributed by atoms with Crippen molar-refractivity contribution < 1.29 is 0 Å². The van der Waals surface area contributed by atoms with E-state index in [1.54, 1.807) is 0 Å². The molecule has 2 aromatic rings. The van der Waals surface area contributed by atoms with E-state index < -0.39 is 0 Å². The summed E-state index contributed by atoms with van der Waals surface area (Å²) in [6, 6.07) is 16.5. The van der Waals surface area contributed by atoms with E-state index in [9.17, 15) is 0 Å². The SMILES string of the molecule is Sc1ccccc1-c1ccccc1I. The zero-order valence-electron chi connectivity index (χ0n) is 7.44. The van der Waals surface area contributed by atoms with Gasteiger partial charge in [0.1, 0.15) is 0 Å². The molecule has 0 aliphatic carbocycles. The number of thiol groups is 1. The molecule has 2 rings (SSSR count). The Morgan fingerprint density at radius 2 is 1.36 bits per heavy atom. The van der Waals surface area contributed by atoms with Gasteiger partial charge in [0.25, 0.3) is 0 Å². The molecule has 0 unspecified atom stereocenters. The molecule has 0 amide bonds. The number of rotatable bonds is 1. The van der Waals surface area contributed by atoms with Crippen LogP contribution in [0, 0.1) is 3.57 Å². The normalized spacial score (nSPS) is 10.1. The van der Waals surface area contributed by atoms with Gasteiger partial charge in [0.15, 0.2) is 0 Å². The zero-order chi connectivity index (χ0) is 9.97. The van der Waals surface area contributed by atoms with Crippen LogP contribution in [0.25, 0.3) is 11.1 Å². The number of benzene rings is 2. The maximum atomic E-state index is 4.45. The Balaban J connectivity index is 2.61. The monoisotopic (exact) mass is 312 g/mol. The molecule has 0 heterocycles. The van der Waals surface area contributed by atoms with Crippen LogP contribution in [0.4, 0.5) is 0 Å². The highest BCUT2D eigenvalue weighted by atomic mass is 127. The van der Waals surface area contributed by atoms with Crippen LogP contribution in [0.15, 0.2) is 53.4 Å². The van der Waals surface area contributed by atoms with Gasteiger partial charge in [-0.05, 0) is 45.9 Å². The second kappa shape index (κ2) is 4.36. The molecule has 14 heavy (non-hydrogen) atoms. The smallest absolute Gasteiger partial charge is 0.0209 e. The van der Waals surface area contributed by atoms with Gasteiger partial charge < -0.3 is 0 Å². The van der Waals surface area contributed by atoms with E-state index in [-0.39, 0.29) is 0 Å². The number of hydrogen-bond acceptors (Lipinski definition) is 1. The summed E-state index contributed by atoms with van der Waals surface area (Å²) < 4.78 is 1.26. The Labute approximate surface area is 103 Å². The maximum Gasteiger partial charge on any atom is 0.0209 e. The molecule has 2 aromatic carbocycles. The lowest BCUT2D eigenvalue weighted by atomic mass is 10.1. The lowest BCUT2D eigenvalue weighted by molar-refractivity contribution is 1.44. The number of hydrogen-bond donors (Lipinski definition) is 1. The van der Waals surface area contributed by atoms with Crippen molar-refractivity contribution in [2.45, 2.75) is 4.90 Å². The molecule has 2 heteroatoms. The topological polar surface area (TPSA) is 0 Å². The molecule has 70 valence electrons. The van der Waals surface area contributed by atoms with Crippen molar-refractivity contribution in [3.63, 3.8) is 0 Å². The van der Waals surface area contributed by atoms with Gasteiger partial charge in [-0.1, -0.05) is 36.4 Å². The Kier molecular flexibility index (Phi) is 3.13. The summed E-state index contributed by atoms with van der Waals surface area (Å²) in [5, 5.41) is 0. The van der Waals surface area contributed by atoms with Crippen molar-refractivity contribution in [3.8, 4) is 11.1 Å². The highest BCUT2D eigenvalue weighted by molar-refractivity contribution is 14.1. The van der Waals surface area contributed by atoms with E-state index in [1.807, 2.05) is 24.3 Å². The molecule has 0 radical (unpaired) electrons. The predicted molar refractivity (Wildman–Crippen MR) is 71.8 cm³/mol. The molecule has 0 saturated carbocycles. The molecule has 0 nitrogen and oxygen atoms in total. The van der Waals surface area contributed by atoms with Crippen LogP contribution < -0.4 is 0 Å². The van der Waals surface area contributed by atoms with Gasteiger partial charge in [-0.25, -0.2) is 0 Å². The first-order valence-corrected chi connectivity index (χ1v) is 5.84. The van der Waals surface area contributed by atoms with Crippen LogP contribution in [0.5, 0.6) is 0 Å². The van der Waals surface area contributed by atoms with Gasteiger partial charge in [0.2, 0.25) is 0 Å². The highest BCUT2D eigenvalue weighted by Gasteiger charge is 2.03. The fourth-order valence-corrected chi connectivity index (χ4v) is 2.34. The van der Waals surface area contributed by atoms with Gasteiger partial charge in [-0.2, -0.15) is 0 Å². The lowest BCUT2D eigenvalue weighted by Gasteiger charge is -2.06. The van der Waals surface area contributed by atoms with Gasteiger partial charge in [-0.3, -0.25) is 0 Å². The maximum absolute atomic E-state index is 4.45. The molecule has 0 atom stereocenters. The van der Waals surface area contributed by atoms with Gasteiger partial charge in [0.05, 0.1) is 0 Å². The first kappa shape index (κ1) is 10.1. The third-order valence-electron chi connectivity index (χ3n) is 2.07. The Bertz CT molecular complexity index is 408. The average Bonchev–Trinajstić information content (AvgIpc) is 2.20. The largest absolute Gasteiger partial charge is 0.143 e. The van der Waals surface area contributed by atoms with Crippen LogP contribution in [-0.2, 0) is 0 Å². The third-order valence-corrected chi connectivity index (χ3v) is 3.40. The molecular formula is C12H9IS. The van der Waals surface area contributed by atoms with E-state index in [1.165, 1.54) is 14.7 Å². The standard InChI is InChI=1S/C12H9IS/c13-11-7-3-1-5-9(11)10-6-2-4-8-12(10)14/h1-8,14H. The van der Waals surface area contributed by atoms with Crippen LogP contribution in [-0.4, -0.2) is 0 Å². The minimum Gasteiger partial charge on any atom is -0.143 e. The van der Waals surface area contributed by atoms with Gasteiger partial charge in [0, 0.05) is 8.47 Å². The molecule has 0 aromatic heterocycles. The molecule has 0 spiro atoms. The Morgan fingerprint density at radius 3 is 2.00 bits per heavy atom. The molecule has 0 N–H and O–H groups in total. The van der Waals surface area contributed by atoms with Crippen LogP contribution >= 0.6 is 35.2 Å². The van der Waals surface area contributed by atoms with E-state index in [0.29, 0.717) is 0 Å². The van der Waals surface area contributed by atoms with Crippen molar-refractivity contribution in [2.75, 3.05) is 0 Å². The van der Waals surface area contributed by atoms with Crippen molar-refractivity contribution in [1.29, 1.82) is 0 Å². The summed E-state index contributed by atoms with van der Waals surface area (Å²) in [4.78, 5) is 1.02. The quantitative estimate of drug-likeness (QED) is 0.591. The fraction of sp³-hybridized carbons (Fsp3) is 0.